The van der Waals surface area contributed by atoms with Crippen LogP contribution in [0.15, 0.2) is 58.3 Å². The summed E-state index contributed by atoms with van der Waals surface area (Å²) in [5.41, 5.74) is 0.0608. The molecule has 10 nitrogen and oxygen atoms in total. The minimum Gasteiger partial charge on any atom is -0.481 e. The molecule has 5 rings (SSSR count). The molecule has 210 valence electrons. The number of nitrogens with zero attached hydrogens (tertiary/aromatic N) is 4. The molecule has 3 aliphatic rings. The number of ether oxygens (including phenoxy) is 1. The number of fused-ring (bicyclic) bond motifs is 1. The van der Waals surface area contributed by atoms with E-state index in [0.717, 1.165) is 18.3 Å². The van der Waals surface area contributed by atoms with E-state index < -0.39 is 36.0 Å². The van der Waals surface area contributed by atoms with Crippen molar-refractivity contribution in [2.45, 2.75) is 31.0 Å². The maximum absolute atomic E-state index is 14.0. The van der Waals surface area contributed by atoms with Gasteiger partial charge in [-0.1, -0.05) is 17.7 Å². The zero-order valence-corrected chi connectivity index (χ0v) is 22.2. The summed E-state index contributed by atoms with van der Waals surface area (Å²) in [6.07, 6.45) is 2.87. The van der Waals surface area contributed by atoms with Gasteiger partial charge in [0.25, 0.3) is 0 Å². The number of carboxylic acids is 1. The van der Waals surface area contributed by atoms with Crippen LogP contribution in [0, 0.1) is 11.2 Å². The second-order valence-corrected chi connectivity index (χ2v) is 10.6. The average Bonchev–Trinajstić information content (AvgIpc) is 3.61. The van der Waals surface area contributed by atoms with Crippen molar-refractivity contribution in [3.05, 3.63) is 74.7 Å². The van der Waals surface area contributed by atoms with E-state index in [2.05, 4.69) is 4.98 Å². The molecule has 1 spiro atoms. The summed E-state index contributed by atoms with van der Waals surface area (Å²) < 4.78 is 44.9. The Labute approximate surface area is 234 Å². The largest absolute Gasteiger partial charge is 0.481 e. The summed E-state index contributed by atoms with van der Waals surface area (Å²) in [5.74, 6) is -1.24. The van der Waals surface area contributed by atoms with Crippen LogP contribution in [-0.4, -0.2) is 75.3 Å². The molecule has 2 fully saturated rings. The molecular weight excluding hydrogens is 573 g/mol. The molecule has 2 aromatic rings. The van der Waals surface area contributed by atoms with E-state index >= 15 is 0 Å². The highest BCUT2D eigenvalue weighted by Crippen LogP contribution is 2.48. The normalized spacial score (nSPS) is 22.4. The van der Waals surface area contributed by atoms with Gasteiger partial charge in [0.2, 0.25) is 0 Å². The fourth-order valence-corrected chi connectivity index (χ4v) is 6.03. The fraction of sp³-hybridized carbons (Fsp3) is 0.320. The Kier molecular flexibility index (Phi) is 7.55. The van der Waals surface area contributed by atoms with E-state index in [9.17, 15) is 27.9 Å². The van der Waals surface area contributed by atoms with Gasteiger partial charge < -0.3 is 25.5 Å². The topological polar surface area (TPSA) is 131 Å². The number of halogens is 4. The fourth-order valence-electron chi connectivity index (χ4n) is 5.12. The standard InChI is InChI=1S/C25H22ClF3N6O4S/c26-15-9-13(27)1-2-14(15)20-19(16(30)3-5-32-23(28)29)17-10-25(12-39-24(38)35(25)7-4-18(36)37)11-34(17)21(33-20)22-31-6-8-40-22/h1-3,5-6,8-9,20,23,30,32H,4,7,10-12H2,(H,36,37)/b5-3-,30-16?/t20-,25-/m0/s1. The van der Waals surface area contributed by atoms with Gasteiger partial charge in [-0.05, 0) is 18.2 Å². The number of carbonyl (C=O) groups is 2. The monoisotopic (exact) mass is 594 g/mol. The number of hydrogen-bond donors (Lipinski definition) is 3. The van der Waals surface area contributed by atoms with Crippen LogP contribution >= 0.6 is 22.9 Å². The third kappa shape index (κ3) is 5.16. The number of carboxylic acid groups (broad SMARTS) is 1. The van der Waals surface area contributed by atoms with Gasteiger partial charge in [-0.25, -0.2) is 14.2 Å². The molecule has 0 radical (unpaired) electrons. The molecule has 40 heavy (non-hydrogen) atoms. The lowest BCUT2D eigenvalue weighted by atomic mass is 9.89. The number of nitrogens with one attached hydrogen (secondary N) is 2. The van der Waals surface area contributed by atoms with Crippen molar-refractivity contribution in [1.82, 2.24) is 20.1 Å². The molecule has 15 heteroatoms. The summed E-state index contributed by atoms with van der Waals surface area (Å²) in [4.78, 5) is 36.5. The van der Waals surface area contributed by atoms with Crippen molar-refractivity contribution in [3.63, 3.8) is 0 Å². The van der Waals surface area contributed by atoms with Gasteiger partial charge in [-0.15, -0.1) is 11.3 Å². The first-order chi connectivity index (χ1) is 19.1. The summed E-state index contributed by atoms with van der Waals surface area (Å²) >= 11 is 7.75. The minimum atomic E-state index is -2.85. The number of benzene rings is 1. The molecule has 0 unspecified atom stereocenters. The molecule has 0 saturated carbocycles. The Bertz CT molecular complexity index is 1450. The summed E-state index contributed by atoms with van der Waals surface area (Å²) in [6, 6.07) is 2.83. The highest BCUT2D eigenvalue weighted by atomic mass is 35.5. The van der Waals surface area contributed by atoms with Gasteiger partial charge >= 0.3 is 18.6 Å². The third-order valence-electron chi connectivity index (χ3n) is 6.82. The van der Waals surface area contributed by atoms with Crippen molar-refractivity contribution < 1.29 is 32.6 Å². The SMILES string of the molecule is N=C(/C=C\NC(F)F)C1=C2C[C@@]3(COC(=O)N3CCC(=O)O)CN2C(c2nccs2)=N[C@H]1c1ccc(F)cc1Cl. The number of cyclic esters (lactones) is 1. The average molecular weight is 595 g/mol. The number of carbonyl (C=O) groups excluding carboxylic acids is 1. The van der Waals surface area contributed by atoms with E-state index in [1.807, 2.05) is 5.32 Å². The number of aliphatic imine (C=N–C) groups is 1. The van der Waals surface area contributed by atoms with Crippen LogP contribution < -0.4 is 5.32 Å². The number of hydrogen-bond acceptors (Lipinski definition) is 9. The maximum atomic E-state index is 14.0. The molecule has 2 saturated heterocycles. The second-order valence-electron chi connectivity index (χ2n) is 9.27. The summed E-state index contributed by atoms with van der Waals surface area (Å²) in [5, 5.41) is 22.3. The van der Waals surface area contributed by atoms with Gasteiger partial charge in [0, 0.05) is 52.6 Å². The molecule has 0 bridgehead atoms. The van der Waals surface area contributed by atoms with Crippen LogP contribution in [0.4, 0.5) is 18.0 Å². The summed E-state index contributed by atoms with van der Waals surface area (Å²) in [7, 11) is 0. The number of thiazole rings is 1. The summed E-state index contributed by atoms with van der Waals surface area (Å²) in [6.45, 7) is -2.83. The predicted octanol–water partition coefficient (Wildman–Crippen LogP) is 4.41. The van der Waals surface area contributed by atoms with Gasteiger partial charge in [0.1, 0.15) is 24.0 Å². The van der Waals surface area contributed by atoms with E-state index in [0.29, 0.717) is 27.7 Å². The number of rotatable bonds is 9. The molecule has 2 atom stereocenters. The van der Waals surface area contributed by atoms with Crippen LogP contribution in [0.25, 0.3) is 0 Å². The molecule has 1 aromatic heterocycles. The zero-order chi connectivity index (χ0) is 28.6. The van der Waals surface area contributed by atoms with Crippen LogP contribution in [0.2, 0.25) is 5.02 Å². The highest BCUT2D eigenvalue weighted by Gasteiger charge is 2.56. The Morgan fingerprint density at radius 3 is 2.90 bits per heavy atom. The molecule has 0 aliphatic carbocycles. The van der Waals surface area contributed by atoms with Gasteiger partial charge in [0.05, 0.1) is 18.7 Å². The Morgan fingerprint density at radius 2 is 2.23 bits per heavy atom. The molecule has 1 aromatic carbocycles. The highest BCUT2D eigenvalue weighted by molar-refractivity contribution is 7.11. The van der Waals surface area contributed by atoms with Crippen molar-refractivity contribution in [2.75, 3.05) is 19.7 Å². The molecule has 3 aliphatic heterocycles. The van der Waals surface area contributed by atoms with Crippen molar-refractivity contribution in [2.24, 2.45) is 4.99 Å². The molecule has 1 amide bonds. The van der Waals surface area contributed by atoms with E-state index in [-0.39, 0.29) is 43.3 Å². The quantitative estimate of drug-likeness (QED) is 0.289. The lowest BCUT2D eigenvalue weighted by Gasteiger charge is -2.33. The first-order valence-electron chi connectivity index (χ1n) is 12.0. The first-order valence-corrected chi connectivity index (χ1v) is 13.2. The van der Waals surface area contributed by atoms with Crippen LogP contribution in [-0.2, 0) is 9.53 Å². The van der Waals surface area contributed by atoms with Crippen molar-refractivity contribution >= 4 is 46.5 Å². The second kappa shape index (κ2) is 10.9. The number of alkyl halides is 2. The van der Waals surface area contributed by atoms with Gasteiger partial charge in [0.15, 0.2) is 10.8 Å². The first kappa shape index (κ1) is 27.6. The van der Waals surface area contributed by atoms with Gasteiger partial charge in [-0.2, -0.15) is 8.78 Å². The van der Waals surface area contributed by atoms with E-state index in [4.69, 9.17) is 26.7 Å². The van der Waals surface area contributed by atoms with Crippen LogP contribution in [0.1, 0.15) is 29.5 Å². The number of aliphatic carboxylic acids is 1. The van der Waals surface area contributed by atoms with E-state index in [1.54, 1.807) is 16.5 Å². The maximum Gasteiger partial charge on any atom is 0.410 e. The molecule has 4 heterocycles. The van der Waals surface area contributed by atoms with Crippen molar-refractivity contribution in [1.29, 1.82) is 5.41 Å². The van der Waals surface area contributed by atoms with Crippen LogP contribution in [0.3, 0.4) is 0 Å². The Hall–Kier alpha value is -3.91. The Balaban J connectivity index is 1.67. The van der Waals surface area contributed by atoms with Crippen molar-refractivity contribution in [3.8, 4) is 0 Å². The lowest BCUT2D eigenvalue weighted by molar-refractivity contribution is -0.137. The van der Waals surface area contributed by atoms with E-state index in [1.165, 1.54) is 28.4 Å². The molecule has 3 N–H and O–H groups in total. The Morgan fingerprint density at radius 1 is 1.43 bits per heavy atom. The minimum absolute atomic E-state index is 0.0397. The number of amides is 1. The number of amidine groups is 1. The van der Waals surface area contributed by atoms with Crippen LogP contribution in [0.5, 0.6) is 0 Å². The smallest absolute Gasteiger partial charge is 0.410 e. The number of aromatic nitrogens is 1. The van der Waals surface area contributed by atoms with Gasteiger partial charge in [-0.3, -0.25) is 14.7 Å². The number of allylic oxidation sites excluding steroid dienone is 1. The lowest BCUT2D eigenvalue weighted by Crippen LogP contribution is -2.50. The zero-order valence-electron chi connectivity index (χ0n) is 20.6. The molecular formula is C25H22ClF3N6O4S. The third-order valence-corrected chi connectivity index (χ3v) is 7.91. The predicted molar refractivity (Wildman–Crippen MR) is 140 cm³/mol.